The Morgan fingerprint density at radius 3 is 2.47 bits per heavy atom. The third kappa shape index (κ3) is 4.36. The van der Waals surface area contributed by atoms with E-state index in [0.717, 1.165) is 12.0 Å². The number of carbonyl (C=O) groups is 1. The number of hydrogen-bond donors (Lipinski definition) is 1. The maximum absolute atomic E-state index is 11.1. The number of carboxylic acids is 1. The molecular weight excluding hydrogens is 238 g/mol. The van der Waals surface area contributed by atoms with Crippen molar-refractivity contribution >= 4 is 17.6 Å². The predicted octanol–water partition coefficient (Wildman–Crippen LogP) is 3.03. The van der Waals surface area contributed by atoms with Crippen LogP contribution in [0.25, 0.3) is 0 Å². The van der Waals surface area contributed by atoms with E-state index in [1.807, 2.05) is 43.1 Å². The lowest BCUT2D eigenvalue weighted by Crippen LogP contribution is -2.37. The highest BCUT2D eigenvalue weighted by molar-refractivity contribution is 6.30. The maximum atomic E-state index is 11.1. The Bertz CT molecular complexity index is 364. The molecule has 94 valence electrons. The van der Waals surface area contributed by atoms with Crippen LogP contribution in [0.3, 0.4) is 0 Å². The lowest BCUT2D eigenvalue weighted by Gasteiger charge is -2.24. The minimum Gasteiger partial charge on any atom is -0.480 e. The van der Waals surface area contributed by atoms with Crippen LogP contribution in [-0.2, 0) is 11.3 Å². The van der Waals surface area contributed by atoms with Crippen molar-refractivity contribution in [3.05, 3.63) is 34.9 Å². The molecule has 0 aliphatic carbocycles. The van der Waals surface area contributed by atoms with E-state index in [-0.39, 0.29) is 0 Å². The van der Waals surface area contributed by atoms with E-state index in [0.29, 0.717) is 18.0 Å². The monoisotopic (exact) mass is 255 g/mol. The second kappa shape index (κ2) is 6.62. The van der Waals surface area contributed by atoms with Crippen molar-refractivity contribution in [1.82, 2.24) is 4.90 Å². The molecule has 0 saturated carbocycles. The van der Waals surface area contributed by atoms with E-state index < -0.39 is 12.0 Å². The van der Waals surface area contributed by atoms with Crippen molar-refractivity contribution in [2.75, 3.05) is 7.05 Å². The van der Waals surface area contributed by atoms with Gasteiger partial charge in [-0.05, 0) is 31.2 Å². The number of likely N-dealkylation sites (N-methyl/N-ethyl adjacent to an activating group) is 1. The van der Waals surface area contributed by atoms with Gasteiger partial charge in [0.25, 0.3) is 0 Å². The summed E-state index contributed by atoms with van der Waals surface area (Å²) in [6.07, 6.45) is 1.53. The number of benzene rings is 1. The standard InChI is InChI=1S/C13H18ClNO2/c1-3-4-12(13(16)17)15(2)9-10-5-7-11(14)8-6-10/h5-8,12H,3-4,9H2,1-2H3,(H,16,17). The van der Waals surface area contributed by atoms with Gasteiger partial charge >= 0.3 is 5.97 Å². The molecule has 3 nitrogen and oxygen atoms in total. The lowest BCUT2D eigenvalue weighted by atomic mass is 10.1. The Morgan fingerprint density at radius 1 is 1.41 bits per heavy atom. The second-order valence-electron chi connectivity index (χ2n) is 4.18. The molecule has 1 aromatic rings. The molecule has 0 spiro atoms. The van der Waals surface area contributed by atoms with Crippen molar-refractivity contribution in [2.24, 2.45) is 0 Å². The SMILES string of the molecule is CCCC(C(=O)O)N(C)Cc1ccc(Cl)cc1. The Hall–Kier alpha value is -1.06. The minimum absolute atomic E-state index is 0.421. The van der Waals surface area contributed by atoms with Crippen molar-refractivity contribution in [3.63, 3.8) is 0 Å². The van der Waals surface area contributed by atoms with Crippen LogP contribution in [0.4, 0.5) is 0 Å². The average molecular weight is 256 g/mol. The van der Waals surface area contributed by atoms with Crippen molar-refractivity contribution in [3.8, 4) is 0 Å². The van der Waals surface area contributed by atoms with Gasteiger partial charge in [0, 0.05) is 11.6 Å². The molecule has 0 aliphatic heterocycles. The summed E-state index contributed by atoms with van der Waals surface area (Å²) >= 11 is 5.80. The van der Waals surface area contributed by atoms with E-state index in [9.17, 15) is 4.79 Å². The van der Waals surface area contributed by atoms with Crippen LogP contribution in [0.15, 0.2) is 24.3 Å². The van der Waals surface area contributed by atoms with E-state index >= 15 is 0 Å². The third-order valence-electron chi connectivity index (χ3n) is 2.72. The minimum atomic E-state index is -0.761. The van der Waals surface area contributed by atoms with Crippen LogP contribution in [-0.4, -0.2) is 29.1 Å². The van der Waals surface area contributed by atoms with Gasteiger partial charge in [-0.2, -0.15) is 0 Å². The summed E-state index contributed by atoms with van der Waals surface area (Å²) in [5.74, 6) is -0.761. The van der Waals surface area contributed by atoms with Gasteiger partial charge in [-0.25, -0.2) is 0 Å². The Balaban J connectivity index is 2.66. The fourth-order valence-electron chi connectivity index (χ4n) is 1.79. The molecule has 0 aromatic heterocycles. The lowest BCUT2D eigenvalue weighted by molar-refractivity contribution is -0.143. The molecule has 0 amide bonds. The van der Waals surface area contributed by atoms with Gasteiger partial charge in [-0.15, -0.1) is 0 Å². The van der Waals surface area contributed by atoms with Crippen molar-refractivity contribution < 1.29 is 9.90 Å². The highest BCUT2D eigenvalue weighted by Gasteiger charge is 2.21. The first kappa shape index (κ1) is 14.0. The normalized spacial score (nSPS) is 12.7. The zero-order valence-corrected chi connectivity index (χ0v) is 10.9. The quantitative estimate of drug-likeness (QED) is 0.850. The molecule has 1 unspecified atom stereocenters. The van der Waals surface area contributed by atoms with Crippen LogP contribution in [0.5, 0.6) is 0 Å². The molecule has 1 rings (SSSR count). The summed E-state index contributed by atoms with van der Waals surface area (Å²) < 4.78 is 0. The molecule has 0 fully saturated rings. The number of halogens is 1. The van der Waals surface area contributed by atoms with Gasteiger partial charge in [0.15, 0.2) is 0 Å². The molecular formula is C13H18ClNO2. The molecule has 1 atom stereocenters. The molecule has 1 aromatic carbocycles. The van der Waals surface area contributed by atoms with Gasteiger partial charge in [0.2, 0.25) is 0 Å². The molecule has 0 heterocycles. The molecule has 0 bridgehead atoms. The molecule has 1 N–H and O–H groups in total. The van der Waals surface area contributed by atoms with E-state index in [1.54, 1.807) is 0 Å². The van der Waals surface area contributed by atoms with Gasteiger partial charge in [-0.1, -0.05) is 37.1 Å². The highest BCUT2D eigenvalue weighted by Crippen LogP contribution is 2.13. The number of nitrogens with zero attached hydrogens (tertiary/aromatic N) is 1. The predicted molar refractivity (Wildman–Crippen MR) is 69.3 cm³/mol. The summed E-state index contributed by atoms with van der Waals surface area (Å²) in [5, 5.41) is 9.83. The fraction of sp³-hybridized carbons (Fsp3) is 0.462. The average Bonchev–Trinajstić information content (AvgIpc) is 2.28. The number of rotatable bonds is 6. The molecule has 17 heavy (non-hydrogen) atoms. The van der Waals surface area contributed by atoms with Crippen LogP contribution >= 0.6 is 11.6 Å². The summed E-state index contributed by atoms with van der Waals surface area (Å²) in [6.45, 7) is 2.61. The third-order valence-corrected chi connectivity index (χ3v) is 2.98. The molecule has 0 aliphatic rings. The fourth-order valence-corrected chi connectivity index (χ4v) is 1.92. The summed E-state index contributed by atoms with van der Waals surface area (Å²) in [7, 11) is 1.84. The van der Waals surface area contributed by atoms with Gasteiger partial charge in [-0.3, -0.25) is 9.69 Å². The van der Waals surface area contributed by atoms with Crippen LogP contribution < -0.4 is 0 Å². The Kier molecular flexibility index (Phi) is 5.45. The number of aliphatic carboxylic acids is 1. The van der Waals surface area contributed by atoms with Crippen molar-refractivity contribution in [1.29, 1.82) is 0 Å². The van der Waals surface area contributed by atoms with E-state index in [2.05, 4.69) is 0 Å². The first-order chi connectivity index (χ1) is 8.04. The maximum Gasteiger partial charge on any atom is 0.320 e. The van der Waals surface area contributed by atoms with Crippen molar-refractivity contribution in [2.45, 2.75) is 32.4 Å². The zero-order chi connectivity index (χ0) is 12.8. The number of hydrogen-bond acceptors (Lipinski definition) is 2. The Morgan fingerprint density at radius 2 is 2.00 bits per heavy atom. The molecule has 0 saturated heterocycles. The molecule has 0 radical (unpaired) electrons. The highest BCUT2D eigenvalue weighted by atomic mass is 35.5. The van der Waals surface area contributed by atoms with E-state index in [1.165, 1.54) is 0 Å². The largest absolute Gasteiger partial charge is 0.480 e. The van der Waals surface area contributed by atoms with Gasteiger partial charge in [0.05, 0.1) is 0 Å². The number of carboxylic acid groups (broad SMARTS) is 1. The summed E-state index contributed by atoms with van der Waals surface area (Å²) in [4.78, 5) is 13.0. The topological polar surface area (TPSA) is 40.5 Å². The van der Waals surface area contributed by atoms with E-state index in [4.69, 9.17) is 16.7 Å². The second-order valence-corrected chi connectivity index (χ2v) is 4.62. The zero-order valence-electron chi connectivity index (χ0n) is 10.2. The van der Waals surface area contributed by atoms with Crippen LogP contribution in [0.1, 0.15) is 25.3 Å². The van der Waals surface area contributed by atoms with Gasteiger partial charge in [0.1, 0.15) is 6.04 Å². The van der Waals surface area contributed by atoms with Crippen LogP contribution in [0, 0.1) is 0 Å². The Labute approximate surface area is 107 Å². The first-order valence-corrected chi connectivity index (χ1v) is 6.10. The molecule has 4 heteroatoms. The van der Waals surface area contributed by atoms with Crippen LogP contribution in [0.2, 0.25) is 5.02 Å². The first-order valence-electron chi connectivity index (χ1n) is 5.72. The summed E-state index contributed by atoms with van der Waals surface area (Å²) in [6, 6.07) is 7.06. The van der Waals surface area contributed by atoms with Gasteiger partial charge < -0.3 is 5.11 Å². The summed E-state index contributed by atoms with van der Waals surface area (Å²) in [5.41, 5.74) is 1.07. The smallest absolute Gasteiger partial charge is 0.320 e.